The van der Waals surface area contributed by atoms with Gasteiger partial charge in [-0.3, -0.25) is 10.1 Å². The van der Waals surface area contributed by atoms with Crippen LogP contribution in [0.2, 0.25) is 10.0 Å². The molecule has 1 aliphatic rings. The molecule has 1 N–H and O–H groups in total. The Kier molecular flexibility index (Phi) is 4.06. The molecule has 0 atom stereocenters. The summed E-state index contributed by atoms with van der Waals surface area (Å²) in [6.07, 6.45) is 3.57. The zero-order valence-corrected chi connectivity index (χ0v) is 13.3. The lowest BCUT2D eigenvalue weighted by Gasteiger charge is -2.09. The molecule has 1 heterocycles. The highest BCUT2D eigenvalue weighted by Gasteiger charge is 2.17. The number of fused-ring (bicyclic) bond motifs is 1. The minimum absolute atomic E-state index is 0.106. The summed E-state index contributed by atoms with van der Waals surface area (Å²) in [6, 6.07) is 4.83. The number of nitro benzene ring substituents is 1. The molecular weight excluding hydrogens is 331 g/mol. The molecule has 0 amide bonds. The SMILES string of the molecule is O=[N+]([O-])c1cc(Cl)c(NCc2cc3c(s2)CCC3)c(Cl)c1. The van der Waals surface area contributed by atoms with Crippen LogP contribution in [-0.2, 0) is 19.4 Å². The summed E-state index contributed by atoms with van der Waals surface area (Å²) in [7, 11) is 0. The maximum Gasteiger partial charge on any atom is 0.272 e. The monoisotopic (exact) mass is 342 g/mol. The Labute approximate surface area is 135 Å². The fourth-order valence-electron chi connectivity index (χ4n) is 2.49. The van der Waals surface area contributed by atoms with E-state index in [2.05, 4.69) is 11.4 Å². The topological polar surface area (TPSA) is 55.2 Å². The van der Waals surface area contributed by atoms with Crippen LogP contribution in [0.1, 0.15) is 21.7 Å². The molecule has 0 saturated heterocycles. The highest BCUT2D eigenvalue weighted by molar-refractivity contribution is 7.12. The van der Waals surface area contributed by atoms with Crippen molar-refractivity contribution in [1.82, 2.24) is 0 Å². The molecule has 0 saturated carbocycles. The quantitative estimate of drug-likeness (QED) is 0.623. The van der Waals surface area contributed by atoms with Gasteiger partial charge >= 0.3 is 0 Å². The van der Waals surface area contributed by atoms with E-state index in [0.29, 0.717) is 12.2 Å². The summed E-state index contributed by atoms with van der Waals surface area (Å²) in [5.74, 6) is 0. The summed E-state index contributed by atoms with van der Waals surface area (Å²) < 4.78 is 0. The van der Waals surface area contributed by atoms with E-state index >= 15 is 0 Å². The molecule has 2 aromatic rings. The highest BCUT2D eigenvalue weighted by atomic mass is 35.5. The molecule has 1 aromatic carbocycles. The van der Waals surface area contributed by atoms with E-state index in [9.17, 15) is 10.1 Å². The van der Waals surface area contributed by atoms with E-state index in [4.69, 9.17) is 23.2 Å². The number of hydrogen-bond donors (Lipinski definition) is 1. The minimum Gasteiger partial charge on any atom is -0.378 e. The van der Waals surface area contributed by atoms with E-state index in [1.54, 1.807) is 11.3 Å². The molecular formula is C14H12Cl2N2O2S. The van der Waals surface area contributed by atoms with Crippen molar-refractivity contribution in [3.05, 3.63) is 53.7 Å². The standard InChI is InChI=1S/C14H12Cl2N2O2S/c15-11-5-9(18(19)20)6-12(16)14(11)17-7-10-4-8-2-1-3-13(8)21-10/h4-6,17H,1-3,7H2. The number of thiophene rings is 1. The summed E-state index contributed by atoms with van der Waals surface area (Å²) in [6.45, 7) is 0.620. The molecule has 0 fully saturated rings. The van der Waals surface area contributed by atoms with Crippen molar-refractivity contribution in [3.8, 4) is 0 Å². The number of nitrogens with one attached hydrogen (secondary N) is 1. The number of hydrogen-bond acceptors (Lipinski definition) is 4. The van der Waals surface area contributed by atoms with Gasteiger partial charge in [-0.15, -0.1) is 11.3 Å². The first-order chi connectivity index (χ1) is 10.0. The third-order valence-electron chi connectivity index (χ3n) is 3.47. The molecule has 1 aliphatic carbocycles. The van der Waals surface area contributed by atoms with Gasteiger partial charge in [-0.05, 0) is 30.9 Å². The second kappa shape index (κ2) is 5.83. The molecule has 1 aromatic heterocycles. The summed E-state index contributed by atoms with van der Waals surface area (Å²) in [5.41, 5.74) is 1.88. The number of halogens is 2. The lowest BCUT2D eigenvalue weighted by Crippen LogP contribution is -2.00. The van der Waals surface area contributed by atoms with E-state index in [1.165, 1.54) is 40.3 Å². The van der Waals surface area contributed by atoms with Crippen LogP contribution in [0.5, 0.6) is 0 Å². The predicted octanol–water partition coefficient (Wildman–Crippen LogP) is 5.06. The van der Waals surface area contributed by atoms with Crippen LogP contribution in [0, 0.1) is 10.1 Å². The highest BCUT2D eigenvalue weighted by Crippen LogP contribution is 2.36. The van der Waals surface area contributed by atoms with Crippen molar-refractivity contribution in [3.63, 3.8) is 0 Å². The van der Waals surface area contributed by atoms with Crippen molar-refractivity contribution in [2.45, 2.75) is 25.8 Å². The number of non-ortho nitro benzene ring substituents is 1. The second-order valence-corrected chi connectivity index (χ2v) is 6.95. The van der Waals surface area contributed by atoms with Gasteiger partial charge in [0, 0.05) is 28.4 Å². The molecule has 0 spiro atoms. The van der Waals surface area contributed by atoms with Crippen LogP contribution in [0.4, 0.5) is 11.4 Å². The van der Waals surface area contributed by atoms with Gasteiger partial charge in [0.2, 0.25) is 0 Å². The van der Waals surface area contributed by atoms with Crippen LogP contribution in [0.15, 0.2) is 18.2 Å². The number of nitro groups is 1. The third kappa shape index (κ3) is 3.00. The van der Waals surface area contributed by atoms with Crippen molar-refractivity contribution in [1.29, 1.82) is 0 Å². The molecule has 0 radical (unpaired) electrons. The van der Waals surface area contributed by atoms with Gasteiger partial charge in [0.25, 0.3) is 5.69 Å². The summed E-state index contributed by atoms with van der Waals surface area (Å²) in [4.78, 5) is 12.9. The van der Waals surface area contributed by atoms with Crippen LogP contribution in [0.3, 0.4) is 0 Å². The molecule has 0 aliphatic heterocycles. The van der Waals surface area contributed by atoms with Gasteiger partial charge in [-0.1, -0.05) is 23.2 Å². The molecule has 7 heteroatoms. The molecule has 4 nitrogen and oxygen atoms in total. The zero-order valence-electron chi connectivity index (χ0n) is 11.0. The average molecular weight is 343 g/mol. The van der Waals surface area contributed by atoms with Crippen molar-refractivity contribution < 1.29 is 4.92 Å². The Morgan fingerprint density at radius 2 is 1.95 bits per heavy atom. The van der Waals surface area contributed by atoms with Crippen molar-refractivity contribution >= 4 is 45.9 Å². The van der Waals surface area contributed by atoms with Crippen LogP contribution in [-0.4, -0.2) is 4.92 Å². The van der Waals surface area contributed by atoms with Crippen LogP contribution in [0.25, 0.3) is 0 Å². The predicted molar refractivity (Wildman–Crippen MR) is 86.8 cm³/mol. The first-order valence-corrected chi connectivity index (χ1v) is 8.09. The number of benzene rings is 1. The van der Waals surface area contributed by atoms with Crippen LogP contribution < -0.4 is 5.32 Å². The van der Waals surface area contributed by atoms with E-state index < -0.39 is 4.92 Å². The zero-order chi connectivity index (χ0) is 15.0. The first-order valence-electron chi connectivity index (χ1n) is 6.52. The second-order valence-electron chi connectivity index (χ2n) is 4.91. The Bertz CT molecular complexity index is 670. The summed E-state index contributed by atoms with van der Waals surface area (Å²) >= 11 is 13.9. The molecule has 21 heavy (non-hydrogen) atoms. The Morgan fingerprint density at radius 3 is 2.57 bits per heavy atom. The number of anilines is 1. The Balaban J connectivity index is 1.76. The van der Waals surface area contributed by atoms with Gasteiger partial charge in [-0.2, -0.15) is 0 Å². The molecule has 0 unspecified atom stereocenters. The van der Waals surface area contributed by atoms with Crippen LogP contribution >= 0.6 is 34.5 Å². The molecule has 110 valence electrons. The van der Waals surface area contributed by atoms with Gasteiger partial charge in [0.05, 0.1) is 20.7 Å². The molecule has 3 rings (SSSR count). The maximum atomic E-state index is 10.7. The smallest absolute Gasteiger partial charge is 0.272 e. The fourth-order valence-corrected chi connectivity index (χ4v) is 4.30. The lowest BCUT2D eigenvalue weighted by atomic mass is 10.2. The first kappa shape index (κ1) is 14.6. The summed E-state index contributed by atoms with van der Waals surface area (Å²) in [5, 5.41) is 14.4. The number of nitrogens with zero attached hydrogens (tertiary/aromatic N) is 1. The van der Waals surface area contributed by atoms with E-state index in [1.807, 2.05) is 0 Å². The number of rotatable bonds is 4. The maximum absolute atomic E-state index is 10.7. The normalized spacial score (nSPS) is 13.2. The van der Waals surface area contributed by atoms with Gasteiger partial charge in [-0.25, -0.2) is 0 Å². The Morgan fingerprint density at radius 1 is 1.24 bits per heavy atom. The number of aryl methyl sites for hydroxylation is 2. The molecule has 0 bridgehead atoms. The van der Waals surface area contributed by atoms with Crippen molar-refractivity contribution in [2.75, 3.05) is 5.32 Å². The minimum atomic E-state index is -0.509. The lowest BCUT2D eigenvalue weighted by molar-refractivity contribution is -0.384. The average Bonchev–Trinajstić information content (AvgIpc) is 2.98. The van der Waals surface area contributed by atoms with E-state index in [0.717, 1.165) is 6.42 Å². The Hall–Kier alpha value is -1.30. The van der Waals surface area contributed by atoms with Gasteiger partial charge in [0.15, 0.2) is 0 Å². The largest absolute Gasteiger partial charge is 0.378 e. The van der Waals surface area contributed by atoms with E-state index in [-0.39, 0.29) is 15.7 Å². The fraction of sp³-hybridized carbons (Fsp3) is 0.286. The van der Waals surface area contributed by atoms with Gasteiger partial charge in [0.1, 0.15) is 0 Å². The van der Waals surface area contributed by atoms with Gasteiger partial charge < -0.3 is 5.32 Å². The van der Waals surface area contributed by atoms with Crippen molar-refractivity contribution in [2.24, 2.45) is 0 Å². The third-order valence-corrected chi connectivity index (χ3v) is 5.31.